The van der Waals surface area contributed by atoms with Crippen molar-refractivity contribution in [3.05, 3.63) is 89.2 Å². The van der Waals surface area contributed by atoms with E-state index in [0.29, 0.717) is 12.1 Å². The Kier molecular flexibility index (Phi) is 8.55. The molecule has 0 bridgehead atoms. The number of benzene rings is 2. The van der Waals surface area contributed by atoms with E-state index in [4.69, 9.17) is 4.98 Å². The Morgan fingerprint density at radius 2 is 1.86 bits per heavy atom. The van der Waals surface area contributed by atoms with Crippen LogP contribution in [0.5, 0.6) is 0 Å². The minimum atomic E-state index is -0.0243. The van der Waals surface area contributed by atoms with Gasteiger partial charge in [0, 0.05) is 30.6 Å². The molecule has 35 heavy (non-hydrogen) atoms. The molecule has 4 aromatic rings. The number of thioether (sulfide) groups is 1. The van der Waals surface area contributed by atoms with E-state index in [1.54, 1.807) is 18.0 Å². The molecular weight excluding hydrogens is 454 g/mol. The number of aryl methyl sites for hydroxylation is 1. The van der Waals surface area contributed by atoms with Crippen molar-refractivity contribution in [3.8, 4) is 0 Å². The van der Waals surface area contributed by atoms with Gasteiger partial charge in [0.1, 0.15) is 0 Å². The molecule has 0 unspecified atom stereocenters. The normalized spacial score (nSPS) is 11.3. The SMILES string of the molecule is CCN(CC)CCNC(=O)c1ccc(CSc2nc3ccncc3n2Cc2cccc(C)c2)cc1. The van der Waals surface area contributed by atoms with E-state index < -0.39 is 0 Å². The third-order valence-electron chi connectivity index (χ3n) is 6.13. The van der Waals surface area contributed by atoms with Crippen molar-refractivity contribution in [3.63, 3.8) is 0 Å². The highest BCUT2D eigenvalue weighted by molar-refractivity contribution is 7.98. The lowest BCUT2D eigenvalue weighted by Gasteiger charge is -2.17. The minimum absolute atomic E-state index is 0.0243. The lowest BCUT2D eigenvalue weighted by molar-refractivity contribution is 0.0949. The Balaban J connectivity index is 1.41. The van der Waals surface area contributed by atoms with E-state index in [-0.39, 0.29) is 5.91 Å². The van der Waals surface area contributed by atoms with Gasteiger partial charge in [0.25, 0.3) is 5.91 Å². The third kappa shape index (κ3) is 6.50. The number of imidazole rings is 1. The summed E-state index contributed by atoms with van der Waals surface area (Å²) in [5, 5.41) is 3.99. The van der Waals surface area contributed by atoms with Crippen LogP contribution >= 0.6 is 11.8 Å². The fourth-order valence-electron chi connectivity index (χ4n) is 4.07. The number of aromatic nitrogens is 3. The van der Waals surface area contributed by atoms with E-state index >= 15 is 0 Å². The van der Waals surface area contributed by atoms with Crippen molar-refractivity contribution in [2.75, 3.05) is 26.2 Å². The van der Waals surface area contributed by atoms with Crippen molar-refractivity contribution in [2.45, 2.75) is 38.2 Å². The number of pyridine rings is 1. The molecule has 4 rings (SSSR count). The number of fused-ring (bicyclic) bond motifs is 1. The van der Waals surface area contributed by atoms with Gasteiger partial charge in [-0.1, -0.05) is 67.6 Å². The van der Waals surface area contributed by atoms with E-state index in [1.807, 2.05) is 36.5 Å². The molecule has 0 fully saturated rings. The fourth-order valence-corrected chi connectivity index (χ4v) is 5.04. The zero-order chi connectivity index (χ0) is 24.6. The summed E-state index contributed by atoms with van der Waals surface area (Å²) in [6.07, 6.45) is 3.67. The number of likely N-dealkylation sites (N-methyl/N-ethyl adjacent to an activating group) is 1. The van der Waals surface area contributed by atoms with E-state index in [9.17, 15) is 4.79 Å². The van der Waals surface area contributed by atoms with Gasteiger partial charge in [-0.05, 0) is 49.3 Å². The summed E-state index contributed by atoms with van der Waals surface area (Å²) in [4.78, 5) is 24.0. The predicted octanol–water partition coefficient (Wildman–Crippen LogP) is 5.15. The maximum atomic E-state index is 12.5. The average Bonchev–Trinajstić information content (AvgIpc) is 3.23. The number of nitrogens with zero attached hydrogens (tertiary/aromatic N) is 4. The smallest absolute Gasteiger partial charge is 0.251 e. The van der Waals surface area contributed by atoms with Crippen molar-refractivity contribution >= 4 is 28.7 Å². The fraction of sp³-hybridized carbons (Fsp3) is 0.321. The highest BCUT2D eigenvalue weighted by Crippen LogP contribution is 2.27. The molecule has 0 atom stereocenters. The van der Waals surface area contributed by atoms with Gasteiger partial charge in [-0.3, -0.25) is 9.78 Å². The standard InChI is InChI=1S/C28H33N5OS/c1-4-32(5-2)16-15-30-27(34)24-11-9-22(10-12-24)20-35-28-31-25-13-14-29-18-26(25)33(28)19-23-8-6-7-21(3)17-23/h6-14,17-18H,4-5,15-16,19-20H2,1-3H3,(H,30,34). The number of hydrogen-bond donors (Lipinski definition) is 1. The first-order valence-corrected chi connectivity index (χ1v) is 13.1. The number of amides is 1. The van der Waals surface area contributed by atoms with E-state index in [0.717, 1.165) is 53.7 Å². The summed E-state index contributed by atoms with van der Waals surface area (Å²) >= 11 is 1.70. The molecule has 0 aliphatic rings. The van der Waals surface area contributed by atoms with Crippen LogP contribution in [0.25, 0.3) is 11.0 Å². The maximum absolute atomic E-state index is 12.5. The highest BCUT2D eigenvalue weighted by Gasteiger charge is 2.13. The van der Waals surface area contributed by atoms with Crippen LogP contribution in [0.4, 0.5) is 0 Å². The number of hydrogen-bond acceptors (Lipinski definition) is 5. The van der Waals surface area contributed by atoms with Crippen LogP contribution in [0.1, 0.15) is 40.9 Å². The molecule has 0 spiro atoms. The molecule has 6 nitrogen and oxygen atoms in total. The largest absolute Gasteiger partial charge is 0.351 e. The molecule has 0 saturated carbocycles. The van der Waals surface area contributed by atoms with Crippen LogP contribution in [0.2, 0.25) is 0 Å². The number of nitrogens with one attached hydrogen (secondary N) is 1. The molecule has 182 valence electrons. The predicted molar refractivity (Wildman–Crippen MR) is 144 cm³/mol. The van der Waals surface area contributed by atoms with Crippen molar-refractivity contribution in [1.29, 1.82) is 0 Å². The average molecular weight is 488 g/mol. The Morgan fingerprint density at radius 3 is 2.60 bits per heavy atom. The highest BCUT2D eigenvalue weighted by atomic mass is 32.2. The van der Waals surface area contributed by atoms with E-state index in [1.165, 1.54) is 11.1 Å². The first-order valence-electron chi connectivity index (χ1n) is 12.2. The van der Waals surface area contributed by atoms with Crippen LogP contribution in [-0.4, -0.2) is 51.5 Å². The van der Waals surface area contributed by atoms with Gasteiger partial charge in [-0.15, -0.1) is 0 Å². The molecule has 2 aromatic heterocycles. The van der Waals surface area contributed by atoms with Crippen LogP contribution in [0.3, 0.4) is 0 Å². The van der Waals surface area contributed by atoms with Crippen molar-refractivity contribution in [1.82, 2.24) is 24.8 Å². The van der Waals surface area contributed by atoms with Crippen molar-refractivity contribution < 1.29 is 4.79 Å². The molecular formula is C28H33N5OS. The molecule has 1 N–H and O–H groups in total. The summed E-state index contributed by atoms with van der Waals surface area (Å²) in [5.74, 6) is 0.748. The topological polar surface area (TPSA) is 63.1 Å². The second kappa shape index (κ2) is 12.0. The molecule has 0 saturated heterocycles. The van der Waals surface area contributed by atoms with Crippen molar-refractivity contribution in [2.24, 2.45) is 0 Å². The van der Waals surface area contributed by atoms with Gasteiger partial charge in [-0.25, -0.2) is 4.98 Å². The van der Waals surface area contributed by atoms with Gasteiger partial charge in [0.05, 0.1) is 23.8 Å². The summed E-state index contributed by atoms with van der Waals surface area (Å²) < 4.78 is 2.24. The lowest BCUT2D eigenvalue weighted by atomic mass is 10.1. The molecule has 0 aliphatic heterocycles. The molecule has 1 amide bonds. The van der Waals surface area contributed by atoms with Crippen LogP contribution in [0, 0.1) is 6.92 Å². The molecule has 2 heterocycles. The molecule has 2 aromatic carbocycles. The monoisotopic (exact) mass is 487 g/mol. The number of carbonyl (C=O) groups is 1. The van der Waals surface area contributed by atoms with Gasteiger partial charge in [0.2, 0.25) is 0 Å². The summed E-state index contributed by atoms with van der Waals surface area (Å²) in [6.45, 7) is 10.6. The zero-order valence-electron chi connectivity index (χ0n) is 20.7. The Labute approximate surface area is 211 Å². The zero-order valence-corrected chi connectivity index (χ0v) is 21.5. The summed E-state index contributed by atoms with van der Waals surface area (Å²) in [5.41, 5.74) is 6.32. The first kappa shape index (κ1) is 24.9. The quantitative estimate of drug-likeness (QED) is 0.296. The number of carbonyl (C=O) groups excluding carboxylic acids is 1. The van der Waals surface area contributed by atoms with Crippen LogP contribution in [0.15, 0.2) is 72.1 Å². The van der Waals surface area contributed by atoms with E-state index in [2.05, 4.69) is 64.8 Å². The Hall–Kier alpha value is -3.16. The van der Waals surface area contributed by atoms with Gasteiger partial charge < -0.3 is 14.8 Å². The number of rotatable bonds is 11. The second-order valence-corrected chi connectivity index (χ2v) is 9.54. The van der Waals surface area contributed by atoms with Crippen LogP contribution in [-0.2, 0) is 12.3 Å². The van der Waals surface area contributed by atoms with Crippen LogP contribution < -0.4 is 5.32 Å². The summed E-state index contributed by atoms with van der Waals surface area (Å²) in [7, 11) is 0. The van der Waals surface area contributed by atoms with Gasteiger partial charge >= 0.3 is 0 Å². The molecule has 0 radical (unpaired) electrons. The summed E-state index contributed by atoms with van der Waals surface area (Å²) in [6, 6.07) is 18.4. The lowest BCUT2D eigenvalue weighted by Crippen LogP contribution is -2.34. The third-order valence-corrected chi connectivity index (χ3v) is 7.18. The van der Waals surface area contributed by atoms with Gasteiger partial charge in [0.15, 0.2) is 5.16 Å². The molecule has 7 heteroatoms. The minimum Gasteiger partial charge on any atom is -0.351 e. The maximum Gasteiger partial charge on any atom is 0.251 e. The second-order valence-electron chi connectivity index (χ2n) is 8.60. The Morgan fingerprint density at radius 1 is 1.06 bits per heavy atom. The Bertz CT molecular complexity index is 1260. The molecule has 0 aliphatic carbocycles. The van der Waals surface area contributed by atoms with Gasteiger partial charge in [-0.2, -0.15) is 0 Å². The first-order chi connectivity index (χ1) is 17.1.